The van der Waals surface area contributed by atoms with E-state index >= 15 is 0 Å². The second-order valence-corrected chi connectivity index (χ2v) is 7.86. The Labute approximate surface area is 161 Å². The number of halogens is 2. The molecule has 6 heteroatoms. The zero-order chi connectivity index (χ0) is 17.9. The molecule has 4 rings (SSSR count). The summed E-state index contributed by atoms with van der Waals surface area (Å²) in [5, 5.41) is 0. The van der Waals surface area contributed by atoms with Crippen molar-refractivity contribution in [2.75, 3.05) is 26.3 Å². The highest BCUT2D eigenvalue weighted by Crippen LogP contribution is 2.28. The lowest BCUT2D eigenvalue weighted by Crippen LogP contribution is -2.29. The average molecular weight is 421 g/mol. The van der Waals surface area contributed by atoms with Gasteiger partial charge < -0.3 is 14.4 Å². The standard InChI is InChI=1S/C20H22BrFN2O2/c21-16-9-14-12-24(6-3-19(14)23-11-16)13-15-10-17(22)1-2-20(15)26-18-4-7-25-8-5-18/h1-2,9-10,12,18H,3-8,11,13H2. The molecule has 0 radical (unpaired) electrons. The topological polar surface area (TPSA) is 34.1 Å². The third kappa shape index (κ3) is 4.18. The predicted octanol–water partition coefficient (Wildman–Crippen LogP) is 4.21. The Morgan fingerprint density at radius 3 is 3.00 bits per heavy atom. The lowest BCUT2D eigenvalue weighted by molar-refractivity contribution is 0.0249. The third-order valence-electron chi connectivity index (χ3n) is 4.88. The minimum Gasteiger partial charge on any atom is -0.490 e. The van der Waals surface area contributed by atoms with Gasteiger partial charge in [-0.05, 0) is 24.3 Å². The van der Waals surface area contributed by atoms with Crippen LogP contribution >= 0.6 is 15.9 Å². The first-order valence-electron chi connectivity index (χ1n) is 9.06. The molecule has 1 saturated heterocycles. The normalized spacial score (nSPS) is 20.8. The number of hydrogen-bond donors (Lipinski definition) is 0. The number of fused-ring (bicyclic) bond motifs is 1. The van der Waals surface area contributed by atoms with Crippen molar-refractivity contribution in [2.24, 2.45) is 4.99 Å². The zero-order valence-corrected chi connectivity index (χ0v) is 16.2. The van der Waals surface area contributed by atoms with Crippen molar-refractivity contribution in [1.29, 1.82) is 0 Å². The van der Waals surface area contributed by atoms with Crippen molar-refractivity contribution in [3.63, 3.8) is 0 Å². The van der Waals surface area contributed by atoms with Crippen LogP contribution in [0.1, 0.15) is 24.8 Å². The predicted molar refractivity (Wildman–Crippen MR) is 103 cm³/mol. The molecule has 26 heavy (non-hydrogen) atoms. The molecule has 0 atom stereocenters. The molecule has 3 heterocycles. The van der Waals surface area contributed by atoms with Gasteiger partial charge in [0.2, 0.25) is 0 Å². The van der Waals surface area contributed by atoms with Crippen LogP contribution in [0.5, 0.6) is 5.75 Å². The van der Waals surface area contributed by atoms with Gasteiger partial charge in [-0.25, -0.2) is 4.39 Å². The first-order chi connectivity index (χ1) is 12.7. The van der Waals surface area contributed by atoms with Crippen molar-refractivity contribution in [3.8, 4) is 5.75 Å². The Bertz CT molecular complexity index is 769. The molecule has 3 aliphatic heterocycles. The molecule has 0 unspecified atom stereocenters. The van der Waals surface area contributed by atoms with E-state index in [1.165, 1.54) is 6.07 Å². The molecule has 3 aliphatic rings. The summed E-state index contributed by atoms with van der Waals surface area (Å²) in [5.74, 6) is 0.545. The summed E-state index contributed by atoms with van der Waals surface area (Å²) in [6.45, 7) is 3.67. The molecule has 1 aromatic carbocycles. The monoisotopic (exact) mass is 420 g/mol. The van der Waals surface area contributed by atoms with E-state index in [0.29, 0.717) is 6.54 Å². The molecular formula is C20H22BrFN2O2. The van der Waals surface area contributed by atoms with Gasteiger partial charge in [-0.3, -0.25) is 4.99 Å². The minimum atomic E-state index is -0.230. The number of aliphatic imine (C=N–C) groups is 1. The molecule has 1 fully saturated rings. The molecule has 0 saturated carbocycles. The lowest BCUT2D eigenvalue weighted by Gasteiger charge is -2.30. The van der Waals surface area contributed by atoms with Gasteiger partial charge in [0.15, 0.2) is 0 Å². The molecule has 1 aromatic rings. The van der Waals surface area contributed by atoms with Crippen LogP contribution in [0.25, 0.3) is 0 Å². The van der Waals surface area contributed by atoms with E-state index < -0.39 is 0 Å². The second kappa shape index (κ2) is 7.92. The van der Waals surface area contributed by atoms with E-state index in [-0.39, 0.29) is 11.9 Å². The first kappa shape index (κ1) is 17.7. The molecule has 4 nitrogen and oxygen atoms in total. The summed E-state index contributed by atoms with van der Waals surface area (Å²) in [6.07, 6.45) is 7.05. The Hall–Kier alpha value is -1.66. The zero-order valence-electron chi connectivity index (χ0n) is 14.6. The van der Waals surface area contributed by atoms with E-state index in [0.717, 1.165) is 72.6 Å². The van der Waals surface area contributed by atoms with E-state index in [2.05, 4.69) is 38.1 Å². The maximum atomic E-state index is 13.9. The molecular weight excluding hydrogens is 399 g/mol. The summed E-state index contributed by atoms with van der Waals surface area (Å²) >= 11 is 3.53. The third-order valence-corrected chi connectivity index (χ3v) is 5.36. The molecule has 0 N–H and O–H groups in total. The summed E-state index contributed by atoms with van der Waals surface area (Å²) in [7, 11) is 0. The Balaban J connectivity index is 1.52. The van der Waals surface area contributed by atoms with Crippen LogP contribution in [0.4, 0.5) is 4.39 Å². The number of benzene rings is 1. The van der Waals surface area contributed by atoms with Crippen molar-refractivity contribution in [1.82, 2.24) is 4.90 Å². The molecule has 0 spiro atoms. The summed E-state index contributed by atoms with van der Waals surface area (Å²) in [6, 6.07) is 4.81. The van der Waals surface area contributed by atoms with Gasteiger partial charge in [-0.1, -0.05) is 15.9 Å². The Morgan fingerprint density at radius 1 is 1.31 bits per heavy atom. The first-order valence-corrected chi connectivity index (χ1v) is 9.85. The summed E-state index contributed by atoms with van der Waals surface area (Å²) < 4.78 is 26.5. The fraction of sp³-hybridized carbons (Fsp3) is 0.450. The van der Waals surface area contributed by atoms with Crippen LogP contribution in [-0.4, -0.2) is 43.0 Å². The number of nitrogens with zero attached hydrogens (tertiary/aromatic N) is 2. The van der Waals surface area contributed by atoms with Crippen molar-refractivity contribution in [3.05, 3.63) is 51.9 Å². The highest BCUT2D eigenvalue weighted by Gasteiger charge is 2.21. The average Bonchev–Trinajstić information content (AvgIpc) is 2.64. The van der Waals surface area contributed by atoms with E-state index in [1.54, 1.807) is 12.1 Å². The van der Waals surface area contributed by atoms with Gasteiger partial charge in [0.1, 0.15) is 17.7 Å². The van der Waals surface area contributed by atoms with E-state index in [1.807, 2.05) is 0 Å². The van der Waals surface area contributed by atoms with E-state index in [4.69, 9.17) is 9.47 Å². The van der Waals surface area contributed by atoms with Crippen molar-refractivity contribution in [2.45, 2.75) is 31.9 Å². The quantitative estimate of drug-likeness (QED) is 0.731. The number of allylic oxidation sites excluding steroid dienone is 2. The highest BCUT2D eigenvalue weighted by atomic mass is 79.9. The van der Waals surface area contributed by atoms with Gasteiger partial charge >= 0.3 is 0 Å². The number of dihydropyridines is 1. The van der Waals surface area contributed by atoms with Crippen LogP contribution in [0, 0.1) is 5.82 Å². The smallest absolute Gasteiger partial charge is 0.124 e. The molecule has 138 valence electrons. The Morgan fingerprint density at radius 2 is 2.15 bits per heavy atom. The lowest BCUT2D eigenvalue weighted by atomic mass is 10.0. The van der Waals surface area contributed by atoms with Crippen molar-refractivity contribution >= 4 is 21.6 Å². The highest BCUT2D eigenvalue weighted by molar-refractivity contribution is 9.11. The summed E-state index contributed by atoms with van der Waals surface area (Å²) in [5.41, 5.74) is 3.17. The fourth-order valence-corrected chi connectivity index (χ4v) is 3.88. The molecule has 0 aromatic heterocycles. The van der Waals surface area contributed by atoms with Crippen molar-refractivity contribution < 1.29 is 13.9 Å². The van der Waals surface area contributed by atoms with Crippen LogP contribution in [0.2, 0.25) is 0 Å². The largest absolute Gasteiger partial charge is 0.490 e. The number of ether oxygens (including phenoxy) is 2. The molecule has 0 bridgehead atoms. The van der Waals surface area contributed by atoms with Gasteiger partial charge in [0.25, 0.3) is 0 Å². The van der Waals surface area contributed by atoms with Gasteiger partial charge in [-0.2, -0.15) is 0 Å². The SMILES string of the molecule is Fc1ccc(OC2CCOCC2)c(CN2C=C3C=C(Br)CN=C3CC2)c1. The van der Waals surface area contributed by atoms with Gasteiger partial charge in [-0.15, -0.1) is 0 Å². The maximum Gasteiger partial charge on any atom is 0.124 e. The molecule has 0 amide bonds. The summed E-state index contributed by atoms with van der Waals surface area (Å²) in [4.78, 5) is 6.80. The van der Waals surface area contributed by atoms with Crippen LogP contribution in [0.15, 0.2) is 45.5 Å². The second-order valence-electron chi connectivity index (χ2n) is 6.84. The number of rotatable bonds is 4. The number of hydrogen-bond acceptors (Lipinski definition) is 4. The van der Waals surface area contributed by atoms with Crippen LogP contribution < -0.4 is 4.74 Å². The molecule has 0 aliphatic carbocycles. The fourth-order valence-electron chi connectivity index (χ4n) is 3.51. The maximum absolute atomic E-state index is 13.9. The van der Waals surface area contributed by atoms with Gasteiger partial charge in [0.05, 0.1) is 19.8 Å². The van der Waals surface area contributed by atoms with Crippen LogP contribution in [-0.2, 0) is 11.3 Å². The Kier molecular flexibility index (Phi) is 5.41. The van der Waals surface area contributed by atoms with Crippen LogP contribution in [0.3, 0.4) is 0 Å². The van der Waals surface area contributed by atoms with E-state index in [9.17, 15) is 4.39 Å². The van der Waals surface area contributed by atoms with Gasteiger partial charge in [0, 0.05) is 59.9 Å². The minimum absolute atomic E-state index is 0.142.